The lowest BCUT2D eigenvalue weighted by Gasteiger charge is -2.27. The van der Waals surface area contributed by atoms with Gasteiger partial charge in [-0.3, -0.25) is 0 Å². The first-order valence-corrected chi connectivity index (χ1v) is 13.5. The zero-order valence-electron chi connectivity index (χ0n) is 22.9. The summed E-state index contributed by atoms with van der Waals surface area (Å²) in [4.78, 5) is 4.49. The smallest absolute Gasteiger partial charge is 0.0482 e. The molecular formula is C38H34N2. The number of hydrogen-bond donors (Lipinski definition) is 0. The third kappa shape index (κ3) is 6.31. The van der Waals surface area contributed by atoms with Crippen molar-refractivity contribution in [3.8, 4) is 0 Å². The second-order valence-corrected chi connectivity index (χ2v) is 9.74. The number of para-hydroxylation sites is 2. The van der Waals surface area contributed by atoms with Gasteiger partial charge in [-0.15, -0.1) is 0 Å². The Balaban J connectivity index is 1.37. The molecule has 0 radical (unpaired) electrons. The van der Waals surface area contributed by atoms with Crippen LogP contribution in [-0.4, -0.2) is 7.05 Å². The maximum Gasteiger partial charge on any atom is 0.0482 e. The fourth-order valence-electron chi connectivity index (χ4n) is 4.81. The lowest BCUT2D eigenvalue weighted by Crippen LogP contribution is -2.12. The molecule has 5 rings (SSSR count). The molecule has 0 unspecified atom stereocenters. The van der Waals surface area contributed by atoms with Crippen molar-refractivity contribution in [1.29, 1.82) is 0 Å². The summed E-state index contributed by atoms with van der Waals surface area (Å²) in [6, 6.07) is 48.6. The van der Waals surface area contributed by atoms with Crippen LogP contribution in [0.15, 0.2) is 170 Å². The number of rotatable bonds is 10. The second-order valence-electron chi connectivity index (χ2n) is 9.74. The lowest BCUT2D eigenvalue weighted by molar-refractivity contribution is 1.19. The molecule has 0 N–H and O–H groups in total. The molecule has 0 saturated carbocycles. The molecule has 0 spiro atoms. The summed E-state index contributed by atoms with van der Waals surface area (Å²) >= 11 is 0. The van der Waals surface area contributed by atoms with Crippen LogP contribution in [-0.2, 0) is 6.42 Å². The first kappa shape index (κ1) is 26.5. The van der Waals surface area contributed by atoms with E-state index in [0.717, 1.165) is 51.6 Å². The van der Waals surface area contributed by atoms with Crippen molar-refractivity contribution in [3.63, 3.8) is 0 Å². The van der Waals surface area contributed by atoms with Crippen molar-refractivity contribution >= 4 is 34.0 Å². The monoisotopic (exact) mass is 518 g/mol. The van der Waals surface area contributed by atoms with Crippen LogP contribution in [0.5, 0.6) is 0 Å². The third-order valence-corrected chi connectivity index (χ3v) is 7.00. The number of allylic oxidation sites excluding steroid dienone is 4. The number of nitrogens with zero attached hydrogens (tertiary/aromatic N) is 2. The van der Waals surface area contributed by atoms with Crippen LogP contribution in [0.4, 0.5) is 28.4 Å². The molecule has 2 heteroatoms. The van der Waals surface area contributed by atoms with E-state index in [4.69, 9.17) is 0 Å². The summed E-state index contributed by atoms with van der Waals surface area (Å²) in [7, 11) is 2.11. The fraction of sp³-hybridized carbons (Fsp3) is 0.0526. The van der Waals surface area contributed by atoms with E-state index in [1.165, 1.54) is 5.56 Å². The average molecular weight is 519 g/mol. The van der Waals surface area contributed by atoms with E-state index in [1.54, 1.807) is 0 Å². The second kappa shape index (κ2) is 12.6. The largest absolute Gasteiger partial charge is 0.345 e. The molecule has 196 valence electrons. The first-order chi connectivity index (χ1) is 19.6. The Morgan fingerprint density at radius 1 is 0.600 bits per heavy atom. The summed E-state index contributed by atoms with van der Waals surface area (Å²) in [5, 5.41) is 0. The molecule has 0 bridgehead atoms. The molecule has 40 heavy (non-hydrogen) atoms. The van der Waals surface area contributed by atoms with Gasteiger partial charge in [0, 0.05) is 35.5 Å². The van der Waals surface area contributed by atoms with Crippen LogP contribution < -0.4 is 9.80 Å². The molecule has 5 aromatic carbocycles. The van der Waals surface area contributed by atoms with Crippen molar-refractivity contribution in [3.05, 3.63) is 182 Å². The molecule has 0 aliphatic heterocycles. The topological polar surface area (TPSA) is 6.48 Å². The van der Waals surface area contributed by atoms with Gasteiger partial charge in [0.15, 0.2) is 0 Å². The lowest BCUT2D eigenvalue weighted by atomic mass is 9.99. The van der Waals surface area contributed by atoms with Gasteiger partial charge < -0.3 is 9.80 Å². The zero-order valence-corrected chi connectivity index (χ0v) is 22.9. The standard InChI is InChI=1S/C38H34N2/c1-4-31(28-32-15-8-5-9-16-32)27-30(2)33-23-25-34(26-24-33)39(3)37-21-14-22-38(29-37)40(35-17-10-6-11-18-35)36-19-12-7-13-20-36/h4-27,29H,1-2,28H2,3H3/b31-27+. The molecule has 0 aliphatic carbocycles. The normalized spacial score (nSPS) is 11.1. The van der Waals surface area contributed by atoms with Crippen molar-refractivity contribution < 1.29 is 0 Å². The number of anilines is 5. The summed E-state index contributed by atoms with van der Waals surface area (Å²) in [5.41, 5.74) is 10.0. The average Bonchev–Trinajstić information content (AvgIpc) is 3.02. The molecule has 5 aromatic rings. The Bertz CT molecular complexity index is 1550. The van der Waals surface area contributed by atoms with Gasteiger partial charge >= 0.3 is 0 Å². The molecule has 2 nitrogen and oxygen atoms in total. The highest BCUT2D eigenvalue weighted by atomic mass is 15.2. The molecule has 0 heterocycles. The summed E-state index contributed by atoms with van der Waals surface area (Å²) < 4.78 is 0. The van der Waals surface area contributed by atoms with Gasteiger partial charge in [-0.05, 0) is 83.3 Å². The molecule has 0 atom stereocenters. The minimum Gasteiger partial charge on any atom is -0.345 e. The molecule has 0 saturated heterocycles. The van der Waals surface area contributed by atoms with Crippen LogP contribution >= 0.6 is 0 Å². The van der Waals surface area contributed by atoms with Gasteiger partial charge in [-0.1, -0.05) is 110 Å². The Morgan fingerprint density at radius 2 is 1.12 bits per heavy atom. The van der Waals surface area contributed by atoms with E-state index in [9.17, 15) is 0 Å². The SMILES string of the molecule is C=C/C(=C\C(=C)c1ccc(N(C)c2cccc(N(c3ccccc3)c3ccccc3)c2)cc1)Cc1ccccc1. The van der Waals surface area contributed by atoms with Crippen LogP contribution in [0.3, 0.4) is 0 Å². The van der Waals surface area contributed by atoms with E-state index in [-0.39, 0.29) is 0 Å². The predicted octanol–water partition coefficient (Wildman–Crippen LogP) is 10.3. The van der Waals surface area contributed by atoms with E-state index < -0.39 is 0 Å². The van der Waals surface area contributed by atoms with E-state index in [2.05, 4.69) is 157 Å². The fourth-order valence-corrected chi connectivity index (χ4v) is 4.81. The van der Waals surface area contributed by atoms with Crippen LogP contribution in [0, 0.1) is 0 Å². The van der Waals surface area contributed by atoms with Gasteiger partial charge in [0.25, 0.3) is 0 Å². The Hall–Kier alpha value is -5.08. The maximum atomic E-state index is 4.33. The Kier molecular flexibility index (Phi) is 8.38. The van der Waals surface area contributed by atoms with E-state index >= 15 is 0 Å². The van der Waals surface area contributed by atoms with Gasteiger partial charge in [-0.2, -0.15) is 0 Å². The van der Waals surface area contributed by atoms with Crippen molar-refractivity contribution in [2.75, 3.05) is 16.8 Å². The van der Waals surface area contributed by atoms with Crippen molar-refractivity contribution in [2.24, 2.45) is 0 Å². The third-order valence-electron chi connectivity index (χ3n) is 7.00. The first-order valence-electron chi connectivity index (χ1n) is 13.5. The highest BCUT2D eigenvalue weighted by molar-refractivity contribution is 5.80. The zero-order chi connectivity index (χ0) is 27.7. The number of benzene rings is 5. The van der Waals surface area contributed by atoms with Crippen LogP contribution in [0.2, 0.25) is 0 Å². The van der Waals surface area contributed by atoms with Gasteiger partial charge in [0.05, 0.1) is 0 Å². The minimum absolute atomic E-state index is 0.837. The molecular weight excluding hydrogens is 484 g/mol. The summed E-state index contributed by atoms with van der Waals surface area (Å²) in [5.74, 6) is 0. The van der Waals surface area contributed by atoms with Gasteiger partial charge in [0.1, 0.15) is 0 Å². The van der Waals surface area contributed by atoms with Gasteiger partial charge in [0.2, 0.25) is 0 Å². The van der Waals surface area contributed by atoms with Crippen LogP contribution in [0.25, 0.3) is 5.57 Å². The quantitative estimate of drug-likeness (QED) is 0.170. The molecule has 0 amide bonds. The van der Waals surface area contributed by atoms with Crippen molar-refractivity contribution in [2.45, 2.75) is 6.42 Å². The Morgan fingerprint density at radius 3 is 1.70 bits per heavy atom. The number of hydrogen-bond acceptors (Lipinski definition) is 2. The molecule has 0 aliphatic rings. The van der Waals surface area contributed by atoms with E-state index in [1.807, 2.05) is 24.3 Å². The summed E-state index contributed by atoms with van der Waals surface area (Å²) in [6.07, 6.45) is 4.88. The van der Waals surface area contributed by atoms with Crippen molar-refractivity contribution in [1.82, 2.24) is 0 Å². The summed E-state index contributed by atoms with van der Waals surface area (Å²) in [6.45, 7) is 8.35. The minimum atomic E-state index is 0.837. The van der Waals surface area contributed by atoms with Gasteiger partial charge in [-0.25, -0.2) is 0 Å². The molecule has 0 aromatic heterocycles. The molecule has 0 fully saturated rings. The maximum absolute atomic E-state index is 4.33. The van der Waals surface area contributed by atoms with Crippen LogP contribution in [0.1, 0.15) is 11.1 Å². The predicted molar refractivity (Wildman–Crippen MR) is 173 cm³/mol. The highest BCUT2D eigenvalue weighted by Crippen LogP contribution is 2.37. The highest BCUT2D eigenvalue weighted by Gasteiger charge is 2.14. The van der Waals surface area contributed by atoms with E-state index in [0.29, 0.717) is 0 Å². The Labute approximate surface area is 238 Å².